The summed E-state index contributed by atoms with van der Waals surface area (Å²) >= 11 is 0. The van der Waals surface area contributed by atoms with Crippen LogP contribution in [0.5, 0.6) is 0 Å². The normalized spacial score (nSPS) is 36.4. The van der Waals surface area contributed by atoms with Crippen molar-refractivity contribution in [3.05, 3.63) is 48.1 Å². The molecule has 0 aromatic rings. The Morgan fingerprint density at radius 3 is 2.31 bits per heavy atom. The van der Waals surface area contributed by atoms with E-state index in [0.717, 1.165) is 11.8 Å². The van der Waals surface area contributed by atoms with Gasteiger partial charge in [-0.15, -0.1) is 0 Å². The third-order valence-electron chi connectivity index (χ3n) is 6.53. The first-order valence-corrected chi connectivity index (χ1v) is 11.0. The number of allylic oxidation sites excluding steroid dienone is 6. The standard InChI is InChI=1S/C26H44/c1-9-25-16-20(4)11-12-21(5)17-26(10-2)24(8)15-19(3)13-14-22(6)23(7)18-25/h13-15,20,23-26H,5-6,9-12,16-18H2,1-4,7-8H3/b14-13+,19-15+/t20?,23?,24-,25?,26-/m0/s1. The SMILES string of the molecule is C=C1CCC(C)CC(CC)CC(C)C(=C)/C=C/C(C)=C/[C@H](C)[C@@H](CC)C1. The maximum atomic E-state index is 4.42. The molecule has 26 heavy (non-hydrogen) atoms. The minimum Gasteiger partial charge on any atom is -0.0999 e. The van der Waals surface area contributed by atoms with E-state index < -0.39 is 0 Å². The van der Waals surface area contributed by atoms with E-state index in [4.69, 9.17) is 0 Å². The smallest absolute Gasteiger partial charge is 0.0194 e. The summed E-state index contributed by atoms with van der Waals surface area (Å²) in [7, 11) is 0. The van der Waals surface area contributed by atoms with Crippen LogP contribution in [-0.4, -0.2) is 0 Å². The summed E-state index contributed by atoms with van der Waals surface area (Å²) in [6, 6.07) is 0. The van der Waals surface area contributed by atoms with E-state index in [2.05, 4.69) is 72.9 Å². The zero-order valence-corrected chi connectivity index (χ0v) is 18.5. The zero-order valence-electron chi connectivity index (χ0n) is 18.5. The Morgan fingerprint density at radius 2 is 1.69 bits per heavy atom. The molecule has 0 spiro atoms. The molecule has 1 aliphatic carbocycles. The van der Waals surface area contributed by atoms with E-state index in [0.29, 0.717) is 17.8 Å². The van der Waals surface area contributed by atoms with Crippen LogP contribution in [0.4, 0.5) is 0 Å². The summed E-state index contributed by atoms with van der Waals surface area (Å²) in [4.78, 5) is 0. The lowest BCUT2D eigenvalue weighted by Gasteiger charge is -2.25. The Hall–Kier alpha value is -1.04. The fourth-order valence-electron chi connectivity index (χ4n) is 4.40. The molecular formula is C26H44. The molecule has 1 aliphatic rings. The summed E-state index contributed by atoms with van der Waals surface area (Å²) in [6.07, 6.45) is 15.8. The quantitative estimate of drug-likeness (QED) is 0.435. The van der Waals surface area contributed by atoms with Crippen molar-refractivity contribution >= 4 is 0 Å². The van der Waals surface area contributed by atoms with Gasteiger partial charge in [0.05, 0.1) is 0 Å². The molecule has 148 valence electrons. The highest BCUT2D eigenvalue weighted by molar-refractivity contribution is 5.26. The molecule has 0 nitrogen and oxygen atoms in total. The summed E-state index contributed by atoms with van der Waals surface area (Å²) in [6.45, 7) is 22.8. The van der Waals surface area contributed by atoms with Gasteiger partial charge in [0.25, 0.3) is 0 Å². The lowest BCUT2D eigenvalue weighted by molar-refractivity contribution is 0.319. The Bertz CT molecular complexity index is 504. The van der Waals surface area contributed by atoms with Gasteiger partial charge in [0.2, 0.25) is 0 Å². The molecule has 0 heteroatoms. The summed E-state index contributed by atoms with van der Waals surface area (Å²) in [5.74, 6) is 3.48. The van der Waals surface area contributed by atoms with Crippen molar-refractivity contribution in [2.45, 2.75) is 86.5 Å². The summed E-state index contributed by atoms with van der Waals surface area (Å²) in [5.41, 5.74) is 4.10. The highest BCUT2D eigenvalue weighted by atomic mass is 14.2. The Balaban J connectivity index is 3.00. The van der Waals surface area contributed by atoms with Crippen molar-refractivity contribution in [1.29, 1.82) is 0 Å². The molecule has 0 aromatic heterocycles. The third kappa shape index (κ3) is 8.11. The molecule has 0 N–H and O–H groups in total. The monoisotopic (exact) mass is 356 g/mol. The van der Waals surface area contributed by atoms with Gasteiger partial charge >= 0.3 is 0 Å². The van der Waals surface area contributed by atoms with E-state index in [-0.39, 0.29) is 0 Å². The second-order valence-corrected chi connectivity index (χ2v) is 9.09. The summed E-state index contributed by atoms with van der Waals surface area (Å²) in [5, 5.41) is 0. The first-order valence-electron chi connectivity index (χ1n) is 11.0. The molecule has 0 radical (unpaired) electrons. The van der Waals surface area contributed by atoms with Crippen LogP contribution in [0.15, 0.2) is 48.1 Å². The van der Waals surface area contributed by atoms with Crippen LogP contribution >= 0.6 is 0 Å². The van der Waals surface area contributed by atoms with Crippen LogP contribution in [0.25, 0.3) is 0 Å². The largest absolute Gasteiger partial charge is 0.0999 e. The third-order valence-corrected chi connectivity index (χ3v) is 6.53. The van der Waals surface area contributed by atoms with Crippen molar-refractivity contribution in [2.24, 2.45) is 29.6 Å². The van der Waals surface area contributed by atoms with Crippen molar-refractivity contribution in [3.8, 4) is 0 Å². The van der Waals surface area contributed by atoms with Crippen LogP contribution in [-0.2, 0) is 0 Å². The van der Waals surface area contributed by atoms with E-state index >= 15 is 0 Å². The molecule has 0 amide bonds. The van der Waals surface area contributed by atoms with Gasteiger partial charge in [-0.05, 0) is 68.6 Å². The first-order chi connectivity index (χ1) is 12.3. The van der Waals surface area contributed by atoms with Crippen molar-refractivity contribution in [1.82, 2.24) is 0 Å². The average Bonchev–Trinajstić information content (AvgIpc) is 2.60. The highest BCUT2D eigenvalue weighted by Gasteiger charge is 2.18. The van der Waals surface area contributed by atoms with Gasteiger partial charge in [0.15, 0.2) is 0 Å². The fourth-order valence-corrected chi connectivity index (χ4v) is 4.40. The topological polar surface area (TPSA) is 0 Å². The molecular weight excluding hydrogens is 312 g/mol. The van der Waals surface area contributed by atoms with Crippen LogP contribution < -0.4 is 0 Å². The predicted octanol–water partition coefficient (Wildman–Crippen LogP) is 8.53. The van der Waals surface area contributed by atoms with Gasteiger partial charge < -0.3 is 0 Å². The molecule has 3 unspecified atom stereocenters. The Labute approximate surface area is 164 Å². The summed E-state index contributed by atoms with van der Waals surface area (Å²) < 4.78 is 0. The van der Waals surface area contributed by atoms with E-state index in [9.17, 15) is 0 Å². The first kappa shape index (κ1) is 23.0. The Kier molecular flexibility index (Phi) is 10.3. The van der Waals surface area contributed by atoms with Crippen LogP contribution in [0.2, 0.25) is 0 Å². The lowest BCUT2D eigenvalue weighted by Crippen LogP contribution is -2.13. The van der Waals surface area contributed by atoms with Gasteiger partial charge in [-0.3, -0.25) is 0 Å². The lowest BCUT2D eigenvalue weighted by atomic mass is 9.80. The second-order valence-electron chi connectivity index (χ2n) is 9.09. The molecule has 0 aromatic carbocycles. The zero-order chi connectivity index (χ0) is 19.7. The van der Waals surface area contributed by atoms with Crippen molar-refractivity contribution in [2.75, 3.05) is 0 Å². The van der Waals surface area contributed by atoms with Gasteiger partial charge in [-0.2, -0.15) is 0 Å². The molecule has 1 rings (SSSR count). The number of hydrogen-bond acceptors (Lipinski definition) is 0. The van der Waals surface area contributed by atoms with Gasteiger partial charge in [-0.25, -0.2) is 0 Å². The molecule has 0 saturated carbocycles. The van der Waals surface area contributed by atoms with Gasteiger partial charge in [-0.1, -0.05) is 95.6 Å². The van der Waals surface area contributed by atoms with Crippen LogP contribution in [0.3, 0.4) is 0 Å². The van der Waals surface area contributed by atoms with Crippen molar-refractivity contribution in [3.63, 3.8) is 0 Å². The molecule has 0 fully saturated rings. The number of hydrogen-bond donors (Lipinski definition) is 0. The maximum Gasteiger partial charge on any atom is -0.0194 e. The molecule has 0 bridgehead atoms. The van der Waals surface area contributed by atoms with E-state index in [1.165, 1.54) is 61.7 Å². The second kappa shape index (κ2) is 11.6. The van der Waals surface area contributed by atoms with Gasteiger partial charge in [0.1, 0.15) is 0 Å². The van der Waals surface area contributed by atoms with Crippen LogP contribution in [0.1, 0.15) is 86.5 Å². The van der Waals surface area contributed by atoms with Crippen molar-refractivity contribution < 1.29 is 0 Å². The molecule has 0 heterocycles. The van der Waals surface area contributed by atoms with Crippen LogP contribution in [0, 0.1) is 29.6 Å². The fraction of sp³-hybridized carbons (Fsp3) is 0.692. The minimum absolute atomic E-state index is 0.569. The Morgan fingerprint density at radius 1 is 1.00 bits per heavy atom. The minimum atomic E-state index is 0.569. The molecule has 5 atom stereocenters. The highest BCUT2D eigenvalue weighted by Crippen LogP contribution is 2.32. The predicted molar refractivity (Wildman–Crippen MR) is 119 cm³/mol. The van der Waals surface area contributed by atoms with E-state index in [1.54, 1.807) is 0 Å². The average molecular weight is 357 g/mol. The number of rotatable bonds is 2. The van der Waals surface area contributed by atoms with E-state index in [1.807, 2.05) is 0 Å². The molecule has 0 saturated heterocycles. The molecule has 0 aliphatic heterocycles. The van der Waals surface area contributed by atoms with Gasteiger partial charge in [0, 0.05) is 0 Å². The maximum absolute atomic E-state index is 4.42.